The highest BCUT2D eigenvalue weighted by molar-refractivity contribution is 5.29. The Morgan fingerprint density at radius 1 is 1.27 bits per heavy atom. The number of allylic oxidation sites excluding steroid dienone is 5. The van der Waals surface area contributed by atoms with E-state index in [9.17, 15) is 0 Å². The van der Waals surface area contributed by atoms with Crippen LogP contribution in [-0.2, 0) is 0 Å². The van der Waals surface area contributed by atoms with E-state index >= 15 is 0 Å². The van der Waals surface area contributed by atoms with E-state index in [1.165, 1.54) is 16.7 Å². The maximum atomic E-state index is 3.75. The zero-order valence-electron chi connectivity index (χ0n) is 8.07. The second kappa shape index (κ2) is 4.95. The molecule has 0 N–H and O–H groups in total. The van der Waals surface area contributed by atoms with Crippen molar-refractivity contribution in [2.24, 2.45) is 0 Å². The van der Waals surface area contributed by atoms with E-state index in [-0.39, 0.29) is 0 Å². The van der Waals surface area contributed by atoms with Gasteiger partial charge in [-0.1, -0.05) is 36.8 Å². The summed E-state index contributed by atoms with van der Waals surface area (Å²) in [6, 6.07) is 0. The van der Waals surface area contributed by atoms with Gasteiger partial charge in [0.25, 0.3) is 0 Å². The first-order valence-electron chi connectivity index (χ1n) is 4.08. The molecule has 0 fully saturated rings. The van der Waals surface area contributed by atoms with Gasteiger partial charge in [-0.05, 0) is 32.8 Å². The van der Waals surface area contributed by atoms with Crippen LogP contribution in [0.5, 0.6) is 0 Å². The minimum Gasteiger partial charge on any atom is -0.0988 e. The normalized spacial score (nSPS) is 11.1. The van der Waals surface area contributed by atoms with Crippen LogP contribution in [0.3, 0.4) is 0 Å². The van der Waals surface area contributed by atoms with Crippen molar-refractivity contribution in [2.45, 2.75) is 34.1 Å². The summed E-state index contributed by atoms with van der Waals surface area (Å²) in [6.07, 6.45) is 5.18. The van der Waals surface area contributed by atoms with Crippen LogP contribution in [0.4, 0.5) is 0 Å². The SMILES string of the molecule is C=C/C(=C\C(C)=C(C)C)CC. The predicted molar refractivity (Wildman–Crippen MR) is 52.6 cm³/mol. The molecule has 62 valence electrons. The first-order valence-corrected chi connectivity index (χ1v) is 4.08. The molecule has 0 radical (unpaired) electrons. The van der Waals surface area contributed by atoms with Crippen molar-refractivity contribution in [1.29, 1.82) is 0 Å². The average Bonchev–Trinajstić information content (AvgIpc) is 1.99. The van der Waals surface area contributed by atoms with E-state index < -0.39 is 0 Å². The third kappa shape index (κ3) is 3.82. The molecule has 0 aliphatic heterocycles. The number of hydrogen-bond acceptors (Lipinski definition) is 0. The minimum atomic E-state index is 1.06. The molecule has 0 bridgehead atoms. The Kier molecular flexibility index (Phi) is 4.60. The standard InChI is InChI=1S/C11H18/c1-6-11(7-2)8-10(5)9(3)4/h6,8H,1,7H2,2-5H3/b11-8+. The van der Waals surface area contributed by atoms with Gasteiger partial charge in [0.1, 0.15) is 0 Å². The van der Waals surface area contributed by atoms with Crippen LogP contribution < -0.4 is 0 Å². The fourth-order valence-electron chi connectivity index (χ4n) is 0.728. The Hall–Kier alpha value is -0.780. The van der Waals surface area contributed by atoms with Crippen molar-refractivity contribution in [3.63, 3.8) is 0 Å². The van der Waals surface area contributed by atoms with Gasteiger partial charge in [-0.25, -0.2) is 0 Å². The van der Waals surface area contributed by atoms with Gasteiger partial charge in [0, 0.05) is 0 Å². The Morgan fingerprint density at radius 3 is 2.09 bits per heavy atom. The molecule has 0 saturated carbocycles. The van der Waals surface area contributed by atoms with Crippen molar-refractivity contribution in [2.75, 3.05) is 0 Å². The van der Waals surface area contributed by atoms with Crippen molar-refractivity contribution in [3.05, 3.63) is 35.5 Å². The maximum Gasteiger partial charge on any atom is -0.0308 e. The van der Waals surface area contributed by atoms with Crippen molar-refractivity contribution >= 4 is 0 Å². The lowest BCUT2D eigenvalue weighted by atomic mass is 10.1. The first kappa shape index (κ1) is 10.2. The molecule has 0 aromatic carbocycles. The summed E-state index contributed by atoms with van der Waals surface area (Å²) in [4.78, 5) is 0. The van der Waals surface area contributed by atoms with Crippen LogP contribution in [0.2, 0.25) is 0 Å². The Morgan fingerprint density at radius 2 is 1.82 bits per heavy atom. The summed E-state index contributed by atoms with van der Waals surface area (Å²) in [5, 5.41) is 0. The molecule has 0 atom stereocenters. The molecule has 0 unspecified atom stereocenters. The smallest absolute Gasteiger partial charge is 0.0308 e. The van der Waals surface area contributed by atoms with Crippen LogP contribution in [-0.4, -0.2) is 0 Å². The average molecular weight is 150 g/mol. The van der Waals surface area contributed by atoms with E-state index in [4.69, 9.17) is 0 Å². The van der Waals surface area contributed by atoms with Crippen molar-refractivity contribution in [1.82, 2.24) is 0 Å². The second-order valence-electron chi connectivity index (χ2n) is 2.96. The lowest BCUT2D eigenvalue weighted by Gasteiger charge is -1.99. The molecular weight excluding hydrogens is 132 g/mol. The zero-order chi connectivity index (χ0) is 8.85. The monoisotopic (exact) mass is 150 g/mol. The molecule has 0 heterocycles. The van der Waals surface area contributed by atoms with Crippen LogP contribution in [0, 0.1) is 0 Å². The summed E-state index contributed by atoms with van der Waals surface area (Å²) < 4.78 is 0. The first-order chi connectivity index (χ1) is 5.11. The third-order valence-corrected chi connectivity index (χ3v) is 1.86. The predicted octanol–water partition coefficient (Wildman–Crippen LogP) is 3.87. The molecule has 11 heavy (non-hydrogen) atoms. The highest BCUT2D eigenvalue weighted by atomic mass is 14.0. The van der Waals surface area contributed by atoms with Crippen LogP contribution >= 0.6 is 0 Å². The van der Waals surface area contributed by atoms with Gasteiger partial charge < -0.3 is 0 Å². The van der Waals surface area contributed by atoms with Gasteiger partial charge in [0.05, 0.1) is 0 Å². The quantitative estimate of drug-likeness (QED) is 0.536. The van der Waals surface area contributed by atoms with E-state index in [2.05, 4.69) is 40.3 Å². The topological polar surface area (TPSA) is 0 Å². The van der Waals surface area contributed by atoms with E-state index in [0.717, 1.165) is 6.42 Å². The number of rotatable bonds is 3. The Bertz CT molecular complexity index is 188. The summed E-state index contributed by atoms with van der Waals surface area (Å²) in [6.45, 7) is 12.3. The molecule has 0 rings (SSSR count). The second-order valence-corrected chi connectivity index (χ2v) is 2.96. The van der Waals surface area contributed by atoms with Gasteiger partial charge in [0.15, 0.2) is 0 Å². The van der Waals surface area contributed by atoms with Crippen LogP contribution in [0.25, 0.3) is 0 Å². The molecule has 0 heteroatoms. The minimum absolute atomic E-state index is 1.06. The summed E-state index contributed by atoms with van der Waals surface area (Å²) in [7, 11) is 0. The van der Waals surface area contributed by atoms with E-state index in [1.807, 2.05) is 6.08 Å². The van der Waals surface area contributed by atoms with Gasteiger partial charge in [-0.2, -0.15) is 0 Å². The lowest BCUT2D eigenvalue weighted by molar-refractivity contribution is 1.14. The van der Waals surface area contributed by atoms with E-state index in [1.54, 1.807) is 0 Å². The van der Waals surface area contributed by atoms with Gasteiger partial charge in [-0.15, -0.1) is 0 Å². The largest absolute Gasteiger partial charge is 0.0988 e. The van der Waals surface area contributed by atoms with Crippen LogP contribution in [0.1, 0.15) is 34.1 Å². The summed E-state index contributed by atoms with van der Waals surface area (Å²) in [5.74, 6) is 0. The van der Waals surface area contributed by atoms with Gasteiger partial charge >= 0.3 is 0 Å². The molecule has 0 aliphatic rings. The molecule has 0 amide bonds. The highest BCUT2D eigenvalue weighted by Crippen LogP contribution is 2.10. The number of hydrogen-bond donors (Lipinski definition) is 0. The van der Waals surface area contributed by atoms with Gasteiger partial charge in [0.2, 0.25) is 0 Å². The molecular formula is C11H18. The Balaban J connectivity index is 4.52. The Labute approximate surface area is 70.3 Å². The molecule has 0 saturated heterocycles. The van der Waals surface area contributed by atoms with E-state index in [0.29, 0.717) is 0 Å². The third-order valence-electron chi connectivity index (χ3n) is 1.86. The van der Waals surface area contributed by atoms with Crippen molar-refractivity contribution in [3.8, 4) is 0 Å². The maximum absolute atomic E-state index is 3.75. The molecule has 0 spiro atoms. The van der Waals surface area contributed by atoms with Crippen molar-refractivity contribution < 1.29 is 0 Å². The van der Waals surface area contributed by atoms with Crippen LogP contribution in [0.15, 0.2) is 35.5 Å². The fraction of sp³-hybridized carbons (Fsp3) is 0.455. The molecule has 0 aliphatic carbocycles. The zero-order valence-corrected chi connectivity index (χ0v) is 8.07. The molecule has 0 aromatic rings. The fourth-order valence-corrected chi connectivity index (χ4v) is 0.728. The highest BCUT2D eigenvalue weighted by Gasteiger charge is 1.89. The summed E-state index contributed by atoms with van der Waals surface area (Å²) in [5.41, 5.74) is 4.03. The molecule has 0 aromatic heterocycles. The summed E-state index contributed by atoms with van der Waals surface area (Å²) >= 11 is 0. The molecule has 0 nitrogen and oxygen atoms in total. The lowest BCUT2D eigenvalue weighted by Crippen LogP contribution is -1.78. The van der Waals surface area contributed by atoms with Gasteiger partial charge in [-0.3, -0.25) is 0 Å².